The number of allylic oxidation sites excluding steroid dienone is 2. The van der Waals surface area contributed by atoms with E-state index in [0.29, 0.717) is 0 Å². The highest BCUT2D eigenvalue weighted by atomic mass is 15.2. The Morgan fingerprint density at radius 1 is 1.38 bits per heavy atom. The number of aryl methyl sites for hydroxylation is 1. The monoisotopic (exact) mass is 210 g/mol. The van der Waals surface area contributed by atoms with Gasteiger partial charge in [-0.2, -0.15) is 5.10 Å². The molecule has 1 aromatic carbocycles. The van der Waals surface area contributed by atoms with Crippen LogP contribution in [-0.2, 0) is 7.05 Å². The van der Waals surface area contributed by atoms with Crippen LogP contribution in [0.3, 0.4) is 0 Å². The van der Waals surface area contributed by atoms with Crippen LogP contribution in [0.4, 0.5) is 0 Å². The van der Waals surface area contributed by atoms with Crippen molar-refractivity contribution >= 4 is 16.5 Å². The first kappa shape index (κ1) is 8.57. The molecule has 2 aromatic rings. The lowest BCUT2D eigenvalue weighted by molar-refractivity contribution is 0.797. The molecule has 16 heavy (non-hydrogen) atoms. The third-order valence-corrected chi connectivity index (χ3v) is 3.99. The van der Waals surface area contributed by atoms with Gasteiger partial charge in [-0.05, 0) is 47.9 Å². The van der Waals surface area contributed by atoms with E-state index in [-0.39, 0.29) is 0 Å². The van der Waals surface area contributed by atoms with Crippen LogP contribution in [-0.4, -0.2) is 9.78 Å². The highest BCUT2D eigenvalue weighted by Gasteiger charge is 2.40. The van der Waals surface area contributed by atoms with Gasteiger partial charge in [-0.25, -0.2) is 0 Å². The van der Waals surface area contributed by atoms with Crippen molar-refractivity contribution in [1.29, 1.82) is 0 Å². The molecule has 2 aliphatic rings. The molecule has 2 nitrogen and oxygen atoms in total. The number of nitrogens with zero attached hydrogens (tertiary/aromatic N) is 2. The fraction of sp³-hybridized carbons (Fsp3) is 0.357. The second-order valence-corrected chi connectivity index (χ2v) is 5.10. The minimum Gasteiger partial charge on any atom is -0.268 e. The smallest absolute Gasteiger partial charge is 0.0679 e. The van der Waals surface area contributed by atoms with Crippen molar-refractivity contribution in [3.63, 3.8) is 0 Å². The summed E-state index contributed by atoms with van der Waals surface area (Å²) >= 11 is 0. The summed E-state index contributed by atoms with van der Waals surface area (Å²) in [6.45, 7) is 0. The molecule has 0 radical (unpaired) electrons. The van der Waals surface area contributed by atoms with Gasteiger partial charge in [0.1, 0.15) is 0 Å². The summed E-state index contributed by atoms with van der Waals surface area (Å²) in [5.41, 5.74) is 4.16. The maximum absolute atomic E-state index is 4.28. The zero-order valence-corrected chi connectivity index (χ0v) is 9.35. The van der Waals surface area contributed by atoms with E-state index in [2.05, 4.69) is 29.4 Å². The van der Waals surface area contributed by atoms with Gasteiger partial charge < -0.3 is 0 Å². The minimum atomic E-state index is 0.902. The molecule has 0 spiro atoms. The standard InChI is InChI=1S/C14H14N2/c1-16-14-3-2-9(4-13(14)8-15-16)10-5-11-7-12(11)6-10/h2-5,8,11-12H,6-7H2,1H3/t11-,12+/m1/s1. The molecule has 1 aromatic heterocycles. The molecule has 80 valence electrons. The first-order valence-corrected chi connectivity index (χ1v) is 5.94. The van der Waals surface area contributed by atoms with E-state index in [1.807, 2.05) is 17.9 Å². The summed E-state index contributed by atoms with van der Waals surface area (Å²) < 4.78 is 1.93. The molecule has 0 unspecified atom stereocenters. The zero-order chi connectivity index (χ0) is 10.7. The SMILES string of the molecule is Cn1ncc2cc(C3=C[C@@H]4C[C@@H]4C3)ccc21. The molecule has 2 atom stereocenters. The summed E-state index contributed by atoms with van der Waals surface area (Å²) in [7, 11) is 1.99. The van der Waals surface area contributed by atoms with Crippen LogP contribution in [0.25, 0.3) is 16.5 Å². The molecule has 2 aliphatic carbocycles. The van der Waals surface area contributed by atoms with E-state index >= 15 is 0 Å². The van der Waals surface area contributed by atoms with Gasteiger partial charge in [0.25, 0.3) is 0 Å². The molecule has 1 saturated carbocycles. The van der Waals surface area contributed by atoms with Crippen molar-refractivity contribution in [2.75, 3.05) is 0 Å². The van der Waals surface area contributed by atoms with Gasteiger partial charge in [0.05, 0.1) is 11.7 Å². The maximum atomic E-state index is 4.28. The Labute approximate surface area is 94.6 Å². The fourth-order valence-electron chi connectivity index (χ4n) is 2.90. The van der Waals surface area contributed by atoms with E-state index in [0.717, 1.165) is 11.8 Å². The molecule has 0 aliphatic heterocycles. The predicted octanol–water partition coefficient (Wildman–Crippen LogP) is 3.00. The molecule has 0 N–H and O–H groups in total. The Morgan fingerprint density at radius 3 is 3.12 bits per heavy atom. The molecule has 0 amide bonds. The molecular weight excluding hydrogens is 196 g/mol. The number of hydrogen-bond donors (Lipinski definition) is 0. The Morgan fingerprint density at radius 2 is 2.31 bits per heavy atom. The van der Waals surface area contributed by atoms with Crippen molar-refractivity contribution in [2.45, 2.75) is 12.8 Å². The highest BCUT2D eigenvalue weighted by Crippen LogP contribution is 2.52. The summed E-state index contributed by atoms with van der Waals surface area (Å²) in [5, 5.41) is 5.54. The van der Waals surface area contributed by atoms with Crippen LogP contribution >= 0.6 is 0 Å². The van der Waals surface area contributed by atoms with Crippen LogP contribution in [0, 0.1) is 11.8 Å². The largest absolute Gasteiger partial charge is 0.268 e. The molecule has 0 bridgehead atoms. The highest BCUT2D eigenvalue weighted by molar-refractivity contribution is 5.84. The van der Waals surface area contributed by atoms with E-state index in [1.165, 1.54) is 29.3 Å². The minimum absolute atomic E-state index is 0.902. The van der Waals surface area contributed by atoms with Crippen molar-refractivity contribution in [2.24, 2.45) is 18.9 Å². The van der Waals surface area contributed by atoms with Crippen LogP contribution in [0.1, 0.15) is 18.4 Å². The number of benzene rings is 1. The zero-order valence-electron chi connectivity index (χ0n) is 9.35. The average molecular weight is 210 g/mol. The van der Waals surface area contributed by atoms with Gasteiger partial charge in [0.15, 0.2) is 0 Å². The summed E-state index contributed by atoms with van der Waals surface area (Å²) in [6, 6.07) is 6.70. The van der Waals surface area contributed by atoms with Gasteiger partial charge in [0.2, 0.25) is 0 Å². The lowest BCUT2D eigenvalue weighted by atomic mass is 10.0. The first-order chi connectivity index (χ1) is 7.81. The summed E-state index contributed by atoms with van der Waals surface area (Å²) in [4.78, 5) is 0. The predicted molar refractivity (Wildman–Crippen MR) is 64.9 cm³/mol. The molecule has 2 heteroatoms. The fourth-order valence-corrected chi connectivity index (χ4v) is 2.90. The van der Waals surface area contributed by atoms with E-state index in [9.17, 15) is 0 Å². The van der Waals surface area contributed by atoms with Crippen LogP contribution in [0.15, 0.2) is 30.5 Å². The van der Waals surface area contributed by atoms with Crippen LogP contribution in [0.5, 0.6) is 0 Å². The van der Waals surface area contributed by atoms with Crippen molar-refractivity contribution in [1.82, 2.24) is 9.78 Å². The second kappa shape index (κ2) is 2.76. The molecule has 4 rings (SSSR count). The van der Waals surface area contributed by atoms with Crippen molar-refractivity contribution < 1.29 is 0 Å². The third-order valence-electron chi connectivity index (χ3n) is 3.99. The number of rotatable bonds is 1. The quantitative estimate of drug-likeness (QED) is 0.707. The van der Waals surface area contributed by atoms with Gasteiger partial charge in [-0.15, -0.1) is 0 Å². The summed E-state index contributed by atoms with van der Waals surface area (Å²) in [6.07, 6.45) is 7.15. The Bertz CT molecular complexity index is 606. The normalized spacial score (nSPS) is 26.9. The number of hydrogen-bond acceptors (Lipinski definition) is 1. The Kier molecular flexibility index (Phi) is 1.48. The Balaban J connectivity index is 1.83. The van der Waals surface area contributed by atoms with E-state index in [4.69, 9.17) is 0 Å². The lowest BCUT2D eigenvalue weighted by Gasteiger charge is -2.04. The van der Waals surface area contributed by atoms with Gasteiger partial charge in [0, 0.05) is 12.4 Å². The number of aromatic nitrogens is 2. The van der Waals surface area contributed by atoms with Gasteiger partial charge in [-0.3, -0.25) is 4.68 Å². The maximum Gasteiger partial charge on any atom is 0.0679 e. The van der Waals surface area contributed by atoms with Gasteiger partial charge >= 0.3 is 0 Å². The molecule has 1 heterocycles. The summed E-state index contributed by atoms with van der Waals surface area (Å²) in [5.74, 6) is 1.87. The molecule has 1 fully saturated rings. The second-order valence-electron chi connectivity index (χ2n) is 5.10. The third kappa shape index (κ3) is 1.10. The van der Waals surface area contributed by atoms with Crippen LogP contribution in [0.2, 0.25) is 0 Å². The average Bonchev–Trinajstić information content (AvgIpc) is 2.75. The molecular formula is C14H14N2. The number of fused-ring (bicyclic) bond motifs is 2. The Hall–Kier alpha value is -1.57. The van der Waals surface area contributed by atoms with E-state index < -0.39 is 0 Å². The lowest BCUT2D eigenvalue weighted by Crippen LogP contribution is -1.89. The van der Waals surface area contributed by atoms with Crippen molar-refractivity contribution in [3.05, 3.63) is 36.0 Å². The molecule has 0 saturated heterocycles. The van der Waals surface area contributed by atoms with E-state index in [1.54, 1.807) is 5.57 Å². The first-order valence-electron chi connectivity index (χ1n) is 5.94. The topological polar surface area (TPSA) is 17.8 Å². The van der Waals surface area contributed by atoms with Crippen LogP contribution < -0.4 is 0 Å². The van der Waals surface area contributed by atoms with Crippen molar-refractivity contribution in [3.8, 4) is 0 Å². The van der Waals surface area contributed by atoms with Gasteiger partial charge in [-0.1, -0.05) is 12.1 Å².